The molecule has 6 nitrogen and oxygen atoms in total. The first-order valence-corrected chi connectivity index (χ1v) is 8.88. The molecule has 7 heteroatoms. The molecule has 0 aliphatic rings. The van der Waals surface area contributed by atoms with Gasteiger partial charge in [0.05, 0.1) is 17.4 Å². The lowest BCUT2D eigenvalue weighted by molar-refractivity contribution is 0.230. The van der Waals surface area contributed by atoms with Gasteiger partial charge in [0.2, 0.25) is 0 Å². The lowest BCUT2D eigenvalue weighted by Gasteiger charge is -2.30. The van der Waals surface area contributed by atoms with E-state index in [2.05, 4.69) is 41.5 Å². The highest BCUT2D eigenvalue weighted by Crippen LogP contribution is 2.35. The molecule has 0 fully saturated rings. The summed E-state index contributed by atoms with van der Waals surface area (Å²) < 4.78 is 1.62. The number of nitrogens with zero attached hydrogens (tertiary/aromatic N) is 3. The average molecular weight is 355 g/mol. The highest BCUT2D eigenvalue weighted by atomic mass is 32.1. The molecule has 1 atom stereocenters. The average Bonchev–Trinajstić information content (AvgIpc) is 3.25. The maximum Gasteiger partial charge on any atom is 0.319 e. The third kappa shape index (κ3) is 4.06. The summed E-state index contributed by atoms with van der Waals surface area (Å²) in [5, 5.41) is 12.2. The predicted molar refractivity (Wildman–Crippen MR) is 100 cm³/mol. The molecular weight excluding hydrogens is 334 g/mol. The summed E-state index contributed by atoms with van der Waals surface area (Å²) in [4.78, 5) is 17.7. The van der Waals surface area contributed by atoms with Crippen molar-refractivity contribution in [2.24, 2.45) is 5.41 Å². The van der Waals surface area contributed by atoms with Gasteiger partial charge in [0.1, 0.15) is 12.7 Å². The fraction of sp³-hybridized carbons (Fsp3) is 0.278. The van der Waals surface area contributed by atoms with Gasteiger partial charge in [-0.2, -0.15) is 5.10 Å². The number of thiophene rings is 1. The molecule has 0 saturated heterocycles. The Hall–Kier alpha value is -2.67. The summed E-state index contributed by atoms with van der Waals surface area (Å²) in [7, 11) is 0. The van der Waals surface area contributed by atoms with E-state index < -0.39 is 0 Å². The van der Waals surface area contributed by atoms with Gasteiger partial charge in [-0.1, -0.05) is 39.0 Å². The van der Waals surface area contributed by atoms with Crippen molar-refractivity contribution >= 4 is 23.1 Å². The van der Waals surface area contributed by atoms with Crippen LogP contribution in [0.4, 0.5) is 10.5 Å². The van der Waals surface area contributed by atoms with Crippen molar-refractivity contribution in [2.75, 3.05) is 5.32 Å². The van der Waals surface area contributed by atoms with E-state index in [9.17, 15) is 4.79 Å². The van der Waals surface area contributed by atoms with Gasteiger partial charge in [-0.15, -0.1) is 11.3 Å². The molecule has 3 aromatic rings. The maximum atomic E-state index is 12.6. The predicted octanol–water partition coefficient (Wildman–Crippen LogP) is 4.24. The standard InChI is InChI=1S/C18H21N5OS/c1-18(2,3)16(15-9-6-10-25-15)22-17(24)21-13-7-4-5-8-14(13)23-12-19-11-20-23/h4-12,16H,1-3H3,(H2,21,22,24). The number of amides is 2. The summed E-state index contributed by atoms with van der Waals surface area (Å²) in [5.41, 5.74) is 1.33. The van der Waals surface area contributed by atoms with E-state index in [1.165, 1.54) is 6.33 Å². The van der Waals surface area contributed by atoms with Crippen molar-refractivity contribution in [1.29, 1.82) is 0 Å². The number of carbonyl (C=O) groups is 1. The Kier molecular flexibility index (Phi) is 4.85. The Balaban J connectivity index is 1.79. The van der Waals surface area contributed by atoms with Crippen LogP contribution in [0.2, 0.25) is 0 Å². The van der Waals surface area contributed by atoms with E-state index in [1.807, 2.05) is 41.8 Å². The van der Waals surface area contributed by atoms with Crippen LogP contribution in [0.3, 0.4) is 0 Å². The molecule has 3 rings (SSSR count). The van der Waals surface area contributed by atoms with Crippen molar-refractivity contribution in [3.8, 4) is 5.69 Å². The van der Waals surface area contributed by atoms with Crippen LogP contribution in [-0.2, 0) is 0 Å². The molecule has 0 aliphatic heterocycles. The van der Waals surface area contributed by atoms with Crippen molar-refractivity contribution < 1.29 is 4.79 Å². The Morgan fingerprint density at radius 3 is 2.64 bits per heavy atom. The van der Waals surface area contributed by atoms with Crippen molar-refractivity contribution in [1.82, 2.24) is 20.1 Å². The molecule has 0 saturated carbocycles. The Morgan fingerprint density at radius 1 is 1.20 bits per heavy atom. The number of anilines is 1. The number of carbonyl (C=O) groups excluding carboxylic acids is 1. The zero-order chi connectivity index (χ0) is 17.9. The molecule has 25 heavy (non-hydrogen) atoms. The second-order valence-electron chi connectivity index (χ2n) is 6.77. The highest BCUT2D eigenvalue weighted by Gasteiger charge is 2.28. The van der Waals surface area contributed by atoms with Crippen LogP contribution in [-0.4, -0.2) is 20.8 Å². The quantitative estimate of drug-likeness (QED) is 0.735. The number of hydrogen-bond donors (Lipinski definition) is 2. The largest absolute Gasteiger partial charge is 0.330 e. The minimum Gasteiger partial charge on any atom is -0.330 e. The normalized spacial score (nSPS) is 12.6. The molecule has 1 unspecified atom stereocenters. The van der Waals surface area contributed by atoms with Crippen LogP contribution in [0.5, 0.6) is 0 Å². The highest BCUT2D eigenvalue weighted by molar-refractivity contribution is 7.10. The van der Waals surface area contributed by atoms with Gasteiger partial charge >= 0.3 is 6.03 Å². The number of rotatable bonds is 4. The number of aromatic nitrogens is 3. The van der Waals surface area contributed by atoms with E-state index in [4.69, 9.17) is 0 Å². The molecule has 130 valence electrons. The van der Waals surface area contributed by atoms with Crippen molar-refractivity contribution in [3.63, 3.8) is 0 Å². The lowest BCUT2D eigenvalue weighted by Crippen LogP contribution is -2.38. The Morgan fingerprint density at radius 2 is 2.00 bits per heavy atom. The summed E-state index contributed by atoms with van der Waals surface area (Å²) in [6, 6.07) is 11.2. The topological polar surface area (TPSA) is 71.8 Å². The van der Waals surface area contributed by atoms with Gasteiger partial charge in [-0.3, -0.25) is 0 Å². The van der Waals surface area contributed by atoms with E-state index in [-0.39, 0.29) is 17.5 Å². The van der Waals surface area contributed by atoms with Crippen molar-refractivity contribution in [2.45, 2.75) is 26.8 Å². The number of nitrogens with one attached hydrogen (secondary N) is 2. The molecule has 0 aliphatic carbocycles. The first-order chi connectivity index (χ1) is 11.9. The minimum atomic E-state index is -0.249. The summed E-state index contributed by atoms with van der Waals surface area (Å²) in [6.07, 6.45) is 3.06. The van der Waals surface area contributed by atoms with Gasteiger partial charge in [-0.05, 0) is 29.0 Å². The number of benzene rings is 1. The summed E-state index contributed by atoms with van der Waals surface area (Å²) in [6.45, 7) is 6.34. The smallest absolute Gasteiger partial charge is 0.319 e. The van der Waals surface area contributed by atoms with Crippen LogP contribution in [0.15, 0.2) is 54.4 Å². The second-order valence-corrected chi connectivity index (χ2v) is 7.75. The van der Waals surface area contributed by atoms with Crippen LogP contribution in [0.25, 0.3) is 5.69 Å². The fourth-order valence-electron chi connectivity index (χ4n) is 2.57. The van der Waals surface area contributed by atoms with Crippen LogP contribution < -0.4 is 10.6 Å². The molecular formula is C18H21N5OS. The molecule has 2 aromatic heterocycles. The van der Waals surface area contributed by atoms with E-state index in [0.29, 0.717) is 5.69 Å². The summed E-state index contributed by atoms with van der Waals surface area (Å²) >= 11 is 1.64. The van der Waals surface area contributed by atoms with Gasteiger partial charge < -0.3 is 10.6 Å². The van der Waals surface area contributed by atoms with Gasteiger partial charge in [0, 0.05) is 4.88 Å². The Labute approximate surface area is 150 Å². The van der Waals surface area contributed by atoms with E-state index >= 15 is 0 Å². The molecule has 2 amide bonds. The van der Waals surface area contributed by atoms with Gasteiger partial charge in [-0.25, -0.2) is 14.5 Å². The van der Waals surface area contributed by atoms with E-state index in [1.54, 1.807) is 22.3 Å². The maximum absolute atomic E-state index is 12.6. The first-order valence-electron chi connectivity index (χ1n) is 8.00. The lowest BCUT2D eigenvalue weighted by atomic mass is 9.86. The molecule has 1 aromatic carbocycles. The zero-order valence-corrected chi connectivity index (χ0v) is 15.2. The van der Waals surface area contributed by atoms with E-state index in [0.717, 1.165) is 10.6 Å². The molecule has 0 spiro atoms. The molecule has 0 bridgehead atoms. The van der Waals surface area contributed by atoms with Crippen LogP contribution >= 0.6 is 11.3 Å². The minimum absolute atomic E-state index is 0.0777. The van der Waals surface area contributed by atoms with Crippen molar-refractivity contribution in [3.05, 3.63) is 59.3 Å². The molecule has 2 heterocycles. The Bertz CT molecular complexity index is 822. The van der Waals surface area contributed by atoms with Crippen LogP contribution in [0.1, 0.15) is 31.7 Å². The zero-order valence-electron chi connectivity index (χ0n) is 14.4. The third-order valence-corrected chi connectivity index (χ3v) is 4.72. The van der Waals surface area contributed by atoms with Gasteiger partial charge in [0.15, 0.2) is 0 Å². The summed E-state index contributed by atoms with van der Waals surface area (Å²) in [5.74, 6) is 0. The molecule has 0 radical (unpaired) electrons. The van der Waals surface area contributed by atoms with Gasteiger partial charge in [0.25, 0.3) is 0 Å². The second kappa shape index (κ2) is 7.06. The number of hydrogen-bond acceptors (Lipinski definition) is 4. The monoisotopic (exact) mass is 355 g/mol. The fourth-order valence-corrected chi connectivity index (χ4v) is 3.59. The SMILES string of the molecule is CC(C)(C)C(NC(=O)Nc1ccccc1-n1cncn1)c1cccs1. The molecule has 2 N–H and O–H groups in total. The van der Waals surface area contributed by atoms with Crippen LogP contribution in [0, 0.1) is 5.41 Å². The number of para-hydroxylation sites is 2. The number of urea groups is 1. The first kappa shape index (κ1) is 17.2. The third-order valence-electron chi connectivity index (χ3n) is 3.79.